The SMILES string of the molecule is CCCC(CC)NC(C)CC(F)(F)F. The molecule has 0 radical (unpaired) electrons. The van der Waals surface area contributed by atoms with Crippen LogP contribution >= 0.6 is 0 Å². The van der Waals surface area contributed by atoms with Gasteiger partial charge >= 0.3 is 6.18 Å². The number of alkyl halides is 3. The van der Waals surface area contributed by atoms with E-state index in [9.17, 15) is 13.2 Å². The van der Waals surface area contributed by atoms with Gasteiger partial charge in [0.1, 0.15) is 0 Å². The Bertz CT molecular complexity index is 145. The maximum Gasteiger partial charge on any atom is 0.390 e. The van der Waals surface area contributed by atoms with Crippen LogP contribution in [0, 0.1) is 0 Å². The lowest BCUT2D eigenvalue weighted by molar-refractivity contribution is -0.139. The summed E-state index contributed by atoms with van der Waals surface area (Å²) in [5.41, 5.74) is 0. The fourth-order valence-corrected chi connectivity index (χ4v) is 1.56. The molecule has 0 aliphatic heterocycles. The van der Waals surface area contributed by atoms with E-state index in [1.165, 1.54) is 0 Å². The molecule has 1 N–H and O–H groups in total. The third kappa shape index (κ3) is 7.18. The molecule has 14 heavy (non-hydrogen) atoms. The molecule has 0 aromatic carbocycles. The fraction of sp³-hybridized carbons (Fsp3) is 1.00. The Morgan fingerprint density at radius 2 is 1.79 bits per heavy atom. The number of hydrogen-bond donors (Lipinski definition) is 1. The van der Waals surface area contributed by atoms with Gasteiger partial charge in [-0.05, 0) is 19.8 Å². The van der Waals surface area contributed by atoms with Crippen molar-refractivity contribution in [2.75, 3.05) is 0 Å². The van der Waals surface area contributed by atoms with Gasteiger partial charge in [0, 0.05) is 12.1 Å². The predicted octanol–water partition coefficient (Wildman–Crippen LogP) is 3.50. The molecule has 0 saturated carbocycles. The zero-order valence-electron chi connectivity index (χ0n) is 9.12. The van der Waals surface area contributed by atoms with Crippen molar-refractivity contribution in [2.45, 2.75) is 64.7 Å². The Hall–Kier alpha value is -0.250. The minimum absolute atomic E-state index is 0.220. The minimum atomic E-state index is -4.06. The molecule has 0 fully saturated rings. The van der Waals surface area contributed by atoms with Crippen LogP contribution in [0.1, 0.15) is 46.5 Å². The standard InChI is InChI=1S/C10H20F3N/c1-4-6-9(5-2)14-8(3)7-10(11,12)13/h8-9,14H,4-7H2,1-3H3. The molecule has 0 spiro atoms. The molecule has 0 amide bonds. The van der Waals surface area contributed by atoms with Crippen LogP contribution in [-0.4, -0.2) is 18.3 Å². The van der Waals surface area contributed by atoms with E-state index in [0.29, 0.717) is 0 Å². The van der Waals surface area contributed by atoms with Crippen molar-refractivity contribution in [3.63, 3.8) is 0 Å². The van der Waals surface area contributed by atoms with Crippen LogP contribution in [0.15, 0.2) is 0 Å². The van der Waals surface area contributed by atoms with Gasteiger partial charge in [0.25, 0.3) is 0 Å². The first-order valence-corrected chi connectivity index (χ1v) is 5.21. The molecule has 1 nitrogen and oxygen atoms in total. The van der Waals surface area contributed by atoms with Gasteiger partial charge in [0.05, 0.1) is 6.42 Å². The van der Waals surface area contributed by atoms with Crippen LogP contribution in [0.25, 0.3) is 0 Å². The monoisotopic (exact) mass is 211 g/mol. The molecule has 0 bridgehead atoms. The Kier molecular flexibility index (Phi) is 6.16. The lowest BCUT2D eigenvalue weighted by Gasteiger charge is -2.22. The normalized spacial score (nSPS) is 16.7. The summed E-state index contributed by atoms with van der Waals surface area (Å²) in [7, 11) is 0. The van der Waals surface area contributed by atoms with Gasteiger partial charge in [-0.3, -0.25) is 0 Å². The number of hydrogen-bond acceptors (Lipinski definition) is 1. The Morgan fingerprint density at radius 3 is 2.14 bits per heavy atom. The highest BCUT2D eigenvalue weighted by Crippen LogP contribution is 2.21. The largest absolute Gasteiger partial charge is 0.390 e. The second kappa shape index (κ2) is 6.27. The Balaban J connectivity index is 3.84. The Labute approximate surface area is 84.1 Å². The Morgan fingerprint density at radius 1 is 1.21 bits per heavy atom. The van der Waals surface area contributed by atoms with E-state index in [-0.39, 0.29) is 6.04 Å². The molecular formula is C10H20F3N. The number of rotatable bonds is 6. The summed E-state index contributed by atoms with van der Waals surface area (Å²) in [6, 6.07) is -0.260. The first-order chi connectivity index (χ1) is 6.39. The molecule has 0 rings (SSSR count). The van der Waals surface area contributed by atoms with Gasteiger partial charge < -0.3 is 5.32 Å². The summed E-state index contributed by atoms with van der Waals surface area (Å²) in [6.45, 7) is 5.62. The lowest BCUT2D eigenvalue weighted by Crippen LogP contribution is -2.38. The quantitative estimate of drug-likeness (QED) is 0.709. The van der Waals surface area contributed by atoms with Crippen molar-refractivity contribution >= 4 is 0 Å². The zero-order chi connectivity index (χ0) is 11.2. The van der Waals surface area contributed by atoms with Crippen LogP contribution in [0.4, 0.5) is 13.2 Å². The van der Waals surface area contributed by atoms with Crippen LogP contribution < -0.4 is 5.32 Å². The van der Waals surface area contributed by atoms with Crippen LogP contribution in [0.5, 0.6) is 0 Å². The molecule has 4 heteroatoms. The van der Waals surface area contributed by atoms with Gasteiger partial charge in [0.15, 0.2) is 0 Å². The highest BCUT2D eigenvalue weighted by Gasteiger charge is 2.30. The maximum atomic E-state index is 12.0. The fourth-order valence-electron chi connectivity index (χ4n) is 1.56. The maximum absolute atomic E-state index is 12.0. The van der Waals surface area contributed by atoms with E-state index >= 15 is 0 Å². The first-order valence-electron chi connectivity index (χ1n) is 5.21. The van der Waals surface area contributed by atoms with E-state index in [2.05, 4.69) is 5.32 Å². The van der Waals surface area contributed by atoms with Crippen molar-refractivity contribution in [3.05, 3.63) is 0 Å². The van der Waals surface area contributed by atoms with E-state index in [1.54, 1.807) is 6.92 Å². The highest BCUT2D eigenvalue weighted by molar-refractivity contribution is 4.72. The lowest BCUT2D eigenvalue weighted by atomic mass is 10.1. The third-order valence-electron chi connectivity index (χ3n) is 2.19. The number of halogens is 3. The summed E-state index contributed by atoms with van der Waals surface area (Å²) in [6.07, 6.45) is -1.97. The van der Waals surface area contributed by atoms with E-state index in [4.69, 9.17) is 0 Å². The predicted molar refractivity (Wildman–Crippen MR) is 52.3 cm³/mol. The molecule has 0 aromatic rings. The van der Waals surface area contributed by atoms with Crippen LogP contribution in [-0.2, 0) is 0 Å². The van der Waals surface area contributed by atoms with E-state index in [0.717, 1.165) is 19.3 Å². The van der Waals surface area contributed by atoms with Crippen molar-refractivity contribution in [3.8, 4) is 0 Å². The summed E-state index contributed by atoms with van der Waals surface area (Å²) >= 11 is 0. The second-order valence-corrected chi connectivity index (χ2v) is 3.78. The van der Waals surface area contributed by atoms with Gasteiger partial charge in [-0.25, -0.2) is 0 Å². The van der Waals surface area contributed by atoms with Gasteiger partial charge in [0.2, 0.25) is 0 Å². The van der Waals surface area contributed by atoms with E-state index in [1.807, 2.05) is 13.8 Å². The van der Waals surface area contributed by atoms with Gasteiger partial charge in [-0.2, -0.15) is 13.2 Å². The molecule has 86 valence electrons. The van der Waals surface area contributed by atoms with Gasteiger partial charge in [-0.15, -0.1) is 0 Å². The average Bonchev–Trinajstić information content (AvgIpc) is 2.00. The minimum Gasteiger partial charge on any atom is -0.311 e. The molecule has 0 aliphatic carbocycles. The molecule has 0 aliphatic rings. The topological polar surface area (TPSA) is 12.0 Å². The van der Waals surface area contributed by atoms with Crippen molar-refractivity contribution in [1.29, 1.82) is 0 Å². The molecule has 2 atom stereocenters. The van der Waals surface area contributed by atoms with Crippen molar-refractivity contribution in [1.82, 2.24) is 5.32 Å². The second-order valence-electron chi connectivity index (χ2n) is 3.78. The smallest absolute Gasteiger partial charge is 0.311 e. The molecule has 0 aromatic heterocycles. The third-order valence-corrected chi connectivity index (χ3v) is 2.19. The highest BCUT2D eigenvalue weighted by atomic mass is 19.4. The first kappa shape index (κ1) is 13.8. The zero-order valence-corrected chi connectivity index (χ0v) is 9.12. The summed E-state index contributed by atoms with van der Waals surface area (Å²) < 4.78 is 36.0. The molecule has 0 heterocycles. The van der Waals surface area contributed by atoms with Gasteiger partial charge in [-0.1, -0.05) is 20.3 Å². The number of nitrogens with one attached hydrogen (secondary N) is 1. The van der Waals surface area contributed by atoms with Crippen molar-refractivity contribution in [2.24, 2.45) is 0 Å². The molecule has 0 saturated heterocycles. The summed E-state index contributed by atoms with van der Waals surface area (Å²) in [5.74, 6) is 0. The summed E-state index contributed by atoms with van der Waals surface area (Å²) in [4.78, 5) is 0. The van der Waals surface area contributed by atoms with Crippen molar-refractivity contribution < 1.29 is 13.2 Å². The summed E-state index contributed by atoms with van der Waals surface area (Å²) in [5, 5.41) is 3.00. The molecule has 2 unspecified atom stereocenters. The molecular weight excluding hydrogens is 191 g/mol. The van der Waals surface area contributed by atoms with E-state index < -0.39 is 18.6 Å². The van der Waals surface area contributed by atoms with Crippen LogP contribution in [0.3, 0.4) is 0 Å². The average molecular weight is 211 g/mol. The van der Waals surface area contributed by atoms with Crippen LogP contribution in [0.2, 0.25) is 0 Å².